The van der Waals surface area contributed by atoms with Crippen LogP contribution in [0.3, 0.4) is 0 Å². The van der Waals surface area contributed by atoms with Crippen LogP contribution in [0.5, 0.6) is 5.75 Å². The van der Waals surface area contributed by atoms with Crippen molar-refractivity contribution < 1.29 is 19.4 Å². The molecule has 18 heavy (non-hydrogen) atoms. The van der Waals surface area contributed by atoms with Gasteiger partial charge in [-0.1, -0.05) is 18.2 Å². The summed E-state index contributed by atoms with van der Waals surface area (Å²) < 4.78 is 5.47. The van der Waals surface area contributed by atoms with Gasteiger partial charge < -0.3 is 15.2 Å². The van der Waals surface area contributed by atoms with Gasteiger partial charge in [0.2, 0.25) is 5.91 Å². The number of carbonyl (C=O) groups excluding carboxylic acids is 1. The number of amides is 1. The maximum Gasteiger partial charge on any atom is 0.305 e. The number of nitrogens with one attached hydrogen (secondary N) is 1. The molecule has 2 rings (SSSR count). The van der Waals surface area contributed by atoms with Crippen LogP contribution in [0.25, 0.3) is 0 Å². The number of fused-ring (bicyclic) bond motifs is 1. The molecule has 1 aliphatic heterocycles. The molecule has 96 valence electrons. The Labute approximate surface area is 105 Å². The van der Waals surface area contributed by atoms with Crippen LogP contribution in [0, 0.1) is 0 Å². The summed E-state index contributed by atoms with van der Waals surface area (Å²) in [5, 5.41) is 11.2. The van der Waals surface area contributed by atoms with E-state index in [9.17, 15) is 9.59 Å². The third-order valence-corrected chi connectivity index (χ3v) is 2.91. The number of aliphatic carboxylic acids is 1. The van der Waals surface area contributed by atoms with Crippen LogP contribution >= 0.6 is 0 Å². The molecule has 1 atom stereocenters. The molecule has 0 aliphatic carbocycles. The summed E-state index contributed by atoms with van der Waals surface area (Å²) in [6.45, 7) is 0.668. The molecule has 0 bridgehead atoms. The zero-order valence-corrected chi connectivity index (χ0v) is 9.89. The van der Waals surface area contributed by atoms with Crippen molar-refractivity contribution in [2.45, 2.75) is 18.8 Å². The second-order valence-corrected chi connectivity index (χ2v) is 4.16. The Balaban J connectivity index is 2.01. The van der Waals surface area contributed by atoms with Crippen molar-refractivity contribution in [1.82, 2.24) is 5.32 Å². The van der Waals surface area contributed by atoms with E-state index >= 15 is 0 Å². The number of carboxylic acid groups (broad SMARTS) is 1. The van der Waals surface area contributed by atoms with Gasteiger partial charge in [-0.2, -0.15) is 0 Å². The lowest BCUT2D eigenvalue weighted by atomic mass is 9.92. The first-order chi connectivity index (χ1) is 8.68. The first kappa shape index (κ1) is 12.4. The fourth-order valence-corrected chi connectivity index (χ4v) is 2.03. The van der Waals surface area contributed by atoms with Crippen LogP contribution in [-0.2, 0) is 9.59 Å². The summed E-state index contributed by atoms with van der Waals surface area (Å²) in [7, 11) is 0. The Morgan fingerprint density at radius 3 is 2.94 bits per heavy atom. The van der Waals surface area contributed by atoms with E-state index in [1.807, 2.05) is 24.3 Å². The van der Waals surface area contributed by atoms with Crippen LogP contribution in [0.1, 0.15) is 24.3 Å². The summed E-state index contributed by atoms with van der Waals surface area (Å²) in [5.41, 5.74) is 0.872. The third kappa shape index (κ3) is 2.80. The molecule has 0 saturated carbocycles. The van der Waals surface area contributed by atoms with Gasteiger partial charge in [0.05, 0.1) is 18.9 Å². The summed E-state index contributed by atoms with van der Waals surface area (Å²) in [4.78, 5) is 22.4. The minimum absolute atomic E-state index is 0.0589. The maximum atomic E-state index is 12.0. The smallest absolute Gasteiger partial charge is 0.305 e. The zero-order chi connectivity index (χ0) is 13.0. The van der Waals surface area contributed by atoms with Crippen molar-refractivity contribution >= 4 is 11.9 Å². The molecule has 5 heteroatoms. The number of hydrogen-bond acceptors (Lipinski definition) is 3. The van der Waals surface area contributed by atoms with Gasteiger partial charge in [0.15, 0.2) is 0 Å². The SMILES string of the molecule is O=C(O)CCNC(=O)[C@@H]1CCOc2ccccc21. The Morgan fingerprint density at radius 1 is 1.39 bits per heavy atom. The van der Waals surface area contributed by atoms with Crippen LogP contribution in [-0.4, -0.2) is 30.1 Å². The van der Waals surface area contributed by atoms with Crippen molar-refractivity contribution in [2.75, 3.05) is 13.2 Å². The number of carboxylic acids is 1. The minimum Gasteiger partial charge on any atom is -0.493 e. The number of rotatable bonds is 4. The van der Waals surface area contributed by atoms with Crippen LogP contribution in [0.4, 0.5) is 0 Å². The fourth-order valence-electron chi connectivity index (χ4n) is 2.03. The molecule has 0 radical (unpaired) electrons. The first-order valence-corrected chi connectivity index (χ1v) is 5.89. The summed E-state index contributed by atoms with van der Waals surface area (Å²) in [6.07, 6.45) is 0.562. The molecule has 0 aromatic heterocycles. The van der Waals surface area contributed by atoms with Gasteiger partial charge in [-0.25, -0.2) is 0 Å². The standard InChI is InChI=1S/C13H15NO4/c15-12(16)5-7-14-13(17)10-6-8-18-11-4-2-1-3-9(10)11/h1-4,10H,5-8H2,(H,14,17)(H,15,16)/t10-/m1/s1. The molecule has 5 nitrogen and oxygen atoms in total. The second kappa shape index (κ2) is 5.53. The number of para-hydroxylation sites is 1. The van der Waals surface area contributed by atoms with Gasteiger partial charge in [-0.3, -0.25) is 9.59 Å². The number of carbonyl (C=O) groups is 2. The first-order valence-electron chi connectivity index (χ1n) is 5.89. The van der Waals surface area contributed by atoms with Gasteiger partial charge in [-0.15, -0.1) is 0 Å². The van der Waals surface area contributed by atoms with Gasteiger partial charge >= 0.3 is 5.97 Å². The molecule has 0 spiro atoms. The normalized spacial score (nSPS) is 17.4. The van der Waals surface area contributed by atoms with Crippen LogP contribution in [0.2, 0.25) is 0 Å². The molecular formula is C13H15NO4. The molecule has 2 N–H and O–H groups in total. The van der Waals surface area contributed by atoms with Crippen molar-refractivity contribution in [1.29, 1.82) is 0 Å². The third-order valence-electron chi connectivity index (χ3n) is 2.91. The minimum atomic E-state index is -0.914. The molecule has 1 amide bonds. The maximum absolute atomic E-state index is 12.0. The van der Waals surface area contributed by atoms with E-state index in [2.05, 4.69) is 5.32 Å². The van der Waals surface area contributed by atoms with E-state index in [1.54, 1.807) is 0 Å². The quantitative estimate of drug-likeness (QED) is 0.839. The Hall–Kier alpha value is -2.04. The molecule has 0 fully saturated rings. The van der Waals surface area contributed by atoms with Crippen molar-refractivity contribution in [3.05, 3.63) is 29.8 Å². The largest absolute Gasteiger partial charge is 0.493 e. The van der Waals surface area contributed by atoms with E-state index in [-0.39, 0.29) is 24.8 Å². The highest BCUT2D eigenvalue weighted by Crippen LogP contribution is 2.33. The molecule has 0 saturated heterocycles. The fraction of sp³-hybridized carbons (Fsp3) is 0.385. The average Bonchev–Trinajstić information content (AvgIpc) is 2.37. The van der Waals surface area contributed by atoms with E-state index < -0.39 is 5.97 Å². The highest BCUT2D eigenvalue weighted by molar-refractivity contribution is 5.85. The lowest BCUT2D eigenvalue weighted by Gasteiger charge is -2.24. The predicted molar refractivity (Wildman–Crippen MR) is 64.6 cm³/mol. The van der Waals surface area contributed by atoms with Crippen LogP contribution < -0.4 is 10.1 Å². The highest BCUT2D eigenvalue weighted by atomic mass is 16.5. The Kier molecular flexibility index (Phi) is 3.82. The molecule has 1 heterocycles. The summed E-state index contributed by atoms with van der Waals surface area (Å²) in [6, 6.07) is 7.44. The van der Waals surface area contributed by atoms with E-state index in [0.717, 1.165) is 11.3 Å². The predicted octanol–water partition coefficient (Wildman–Crippen LogP) is 1.14. The van der Waals surface area contributed by atoms with Crippen LogP contribution in [0.15, 0.2) is 24.3 Å². The van der Waals surface area contributed by atoms with Gasteiger partial charge in [0, 0.05) is 12.1 Å². The lowest BCUT2D eigenvalue weighted by Crippen LogP contribution is -2.33. The second-order valence-electron chi connectivity index (χ2n) is 4.16. The van der Waals surface area contributed by atoms with E-state index in [0.29, 0.717) is 13.0 Å². The highest BCUT2D eigenvalue weighted by Gasteiger charge is 2.26. The number of benzene rings is 1. The zero-order valence-electron chi connectivity index (χ0n) is 9.89. The molecule has 0 unspecified atom stereocenters. The van der Waals surface area contributed by atoms with E-state index in [1.165, 1.54) is 0 Å². The topological polar surface area (TPSA) is 75.6 Å². The number of hydrogen-bond donors (Lipinski definition) is 2. The van der Waals surface area contributed by atoms with Gasteiger partial charge in [-0.05, 0) is 12.5 Å². The monoisotopic (exact) mass is 249 g/mol. The summed E-state index contributed by atoms with van der Waals surface area (Å²) >= 11 is 0. The van der Waals surface area contributed by atoms with Gasteiger partial charge in [0.1, 0.15) is 5.75 Å². The van der Waals surface area contributed by atoms with Gasteiger partial charge in [0.25, 0.3) is 0 Å². The van der Waals surface area contributed by atoms with Crippen molar-refractivity contribution in [3.8, 4) is 5.75 Å². The Morgan fingerprint density at radius 2 is 2.17 bits per heavy atom. The molecule has 1 aliphatic rings. The molecular weight excluding hydrogens is 234 g/mol. The van der Waals surface area contributed by atoms with E-state index in [4.69, 9.17) is 9.84 Å². The number of ether oxygens (including phenoxy) is 1. The average molecular weight is 249 g/mol. The van der Waals surface area contributed by atoms with Crippen molar-refractivity contribution in [3.63, 3.8) is 0 Å². The summed E-state index contributed by atoms with van der Waals surface area (Å²) in [5.74, 6) is -0.555. The van der Waals surface area contributed by atoms with Crippen molar-refractivity contribution in [2.24, 2.45) is 0 Å². The lowest BCUT2D eigenvalue weighted by molar-refractivity contribution is -0.137. The molecule has 1 aromatic rings. The molecule has 1 aromatic carbocycles. The Bertz CT molecular complexity index is 458.